The van der Waals surface area contributed by atoms with E-state index in [1.807, 2.05) is 43.3 Å². The number of amides is 1. The van der Waals surface area contributed by atoms with Gasteiger partial charge < -0.3 is 15.5 Å². The fourth-order valence-corrected chi connectivity index (χ4v) is 3.00. The molecule has 3 rings (SSSR count). The molecule has 1 aliphatic heterocycles. The molecule has 120 valence electrons. The minimum Gasteiger partial charge on any atom is -0.378 e. The van der Waals surface area contributed by atoms with Crippen molar-refractivity contribution in [2.24, 2.45) is 0 Å². The van der Waals surface area contributed by atoms with E-state index >= 15 is 0 Å². The van der Waals surface area contributed by atoms with Crippen molar-refractivity contribution in [3.05, 3.63) is 65.2 Å². The van der Waals surface area contributed by atoms with Gasteiger partial charge in [0.2, 0.25) is 0 Å². The normalized spacial score (nSPS) is 16.5. The number of benzene rings is 2. The highest BCUT2D eigenvalue weighted by atomic mass is 16.1. The van der Waals surface area contributed by atoms with Gasteiger partial charge in [-0.05, 0) is 42.3 Å². The van der Waals surface area contributed by atoms with E-state index in [9.17, 15) is 4.79 Å². The minimum absolute atomic E-state index is 0.0291. The van der Waals surface area contributed by atoms with Gasteiger partial charge in [0.25, 0.3) is 5.91 Å². The van der Waals surface area contributed by atoms with Gasteiger partial charge in [0.15, 0.2) is 0 Å². The summed E-state index contributed by atoms with van der Waals surface area (Å²) in [6, 6.07) is 16.3. The maximum absolute atomic E-state index is 12.4. The number of nitrogens with zero attached hydrogens (tertiary/aromatic N) is 1. The average Bonchev–Trinajstić information content (AvgIpc) is 2.59. The van der Waals surface area contributed by atoms with E-state index in [1.54, 1.807) is 0 Å². The van der Waals surface area contributed by atoms with Crippen LogP contribution in [-0.4, -0.2) is 33.1 Å². The summed E-state index contributed by atoms with van der Waals surface area (Å²) in [4.78, 5) is 14.4. The Hall–Kier alpha value is -2.33. The molecule has 0 radical (unpaired) electrons. The van der Waals surface area contributed by atoms with Crippen molar-refractivity contribution in [2.75, 3.05) is 32.1 Å². The summed E-state index contributed by atoms with van der Waals surface area (Å²) in [5, 5.41) is 6.54. The second kappa shape index (κ2) is 6.84. The van der Waals surface area contributed by atoms with E-state index in [2.05, 4.69) is 34.9 Å². The number of carbonyl (C=O) groups is 1. The van der Waals surface area contributed by atoms with Crippen LogP contribution in [-0.2, 0) is 6.42 Å². The fraction of sp³-hybridized carbons (Fsp3) is 0.316. The number of nitrogens with one attached hydrogen (secondary N) is 2. The molecule has 4 heteroatoms. The number of hydrogen-bond donors (Lipinski definition) is 2. The van der Waals surface area contributed by atoms with Crippen molar-refractivity contribution in [3.63, 3.8) is 0 Å². The van der Waals surface area contributed by atoms with E-state index in [4.69, 9.17) is 0 Å². The van der Waals surface area contributed by atoms with Gasteiger partial charge >= 0.3 is 0 Å². The highest BCUT2D eigenvalue weighted by molar-refractivity contribution is 5.95. The lowest BCUT2D eigenvalue weighted by atomic mass is 9.94. The lowest BCUT2D eigenvalue weighted by Crippen LogP contribution is -2.38. The van der Waals surface area contributed by atoms with Crippen LogP contribution in [0.5, 0.6) is 0 Å². The molecule has 1 amide bonds. The molecule has 1 atom stereocenters. The number of rotatable bonds is 4. The molecule has 4 nitrogen and oxygen atoms in total. The molecule has 1 heterocycles. The standard InChI is InChI=1S/C19H23N3O/c1-22(2)16-8-5-7-15(12-16)19(23)21-13-18-17-9-4-3-6-14(17)10-11-20-18/h3-9,12,18,20H,10-11,13H2,1-2H3,(H,21,23). The first-order valence-electron chi connectivity index (χ1n) is 8.02. The fourth-order valence-electron chi connectivity index (χ4n) is 3.00. The smallest absolute Gasteiger partial charge is 0.251 e. The molecule has 0 spiro atoms. The summed E-state index contributed by atoms with van der Waals surface area (Å²) < 4.78 is 0. The molecular weight excluding hydrogens is 286 g/mol. The molecule has 0 saturated carbocycles. The zero-order valence-electron chi connectivity index (χ0n) is 13.7. The van der Waals surface area contributed by atoms with Gasteiger partial charge in [-0.15, -0.1) is 0 Å². The summed E-state index contributed by atoms with van der Waals surface area (Å²) in [6.45, 7) is 1.55. The molecule has 1 aliphatic rings. The maximum atomic E-state index is 12.4. The Morgan fingerprint density at radius 3 is 2.87 bits per heavy atom. The number of carbonyl (C=O) groups excluding carboxylic acids is 1. The van der Waals surface area contributed by atoms with Gasteiger partial charge in [-0.1, -0.05) is 30.3 Å². The second-order valence-electron chi connectivity index (χ2n) is 6.11. The Kier molecular flexibility index (Phi) is 4.63. The van der Waals surface area contributed by atoms with Crippen molar-refractivity contribution in [3.8, 4) is 0 Å². The van der Waals surface area contributed by atoms with Crippen molar-refractivity contribution in [1.82, 2.24) is 10.6 Å². The first-order valence-corrected chi connectivity index (χ1v) is 8.02. The van der Waals surface area contributed by atoms with Crippen LogP contribution in [0.3, 0.4) is 0 Å². The first-order chi connectivity index (χ1) is 11.1. The minimum atomic E-state index is -0.0291. The third-order valence-electron chi connectivity index (χ3n) is 4.31. The third kappa shape index (κ3) is 3.54. The zero-order chi connectivity index (χ0) is 16.2. The Balaban J connectivity index is 1.67. The number of anilines is 1. The molecule has 0 bridgehead atoms. The molecule has 2 aromatic rings. The lowest BCUT2D eigenvalue weighted by Gasteiger charge is -2.27. The van der Waals surface area contributed by atoms with Crippen LogP contribution >= 0.6 is 0 Å². The lowest BCUT2D eigenvalue weighted by molar-refractivity contribution is 0.0949. The Bertz CT molecular complexity index is 697. The van der Waals surface area contributed by atoms with Crippen LogP contribution in [0.25, 0.3) is 0 Å². The van der Waals surface area contributed by atoms with Crippen LogP contribution in [0.1, 0.15) is 27.5 Å². The summed E-state index contributed by atoms with van der Waals surface area (Å²) in [7, 11) is 3.94. The first kappa shape index (κ1) is 15.6. The van der Waals surface area contributed by atoms with E-state index in [0.29, 0.717) is 12.1 Å². The predicted molar refractivity (Wildman–Crippen MR) is 94.0 cm³/mol. The Labute approximate surface area is 137 Å². The molecule has 23 heavy (non-hydrogen) atoms. The van der Waals surface area contributed by atoms with E-state index < -0.39 is 0 Å². The molecule has 0 aromatic heterocycles. The van der Waals surface area contributed by atoms with Crippen LogP contribution in [0, 0.1) is 0 Å². The highest BCUT2D eigenvalue weighted by Gasteiger charge is 2.19. The predicted octanol–water partition coefficient (Wildman–Crippen LogP) is 2.37. The SMILES string of the molecule is CN(C)c1cccc(C(=O)NCC2NCCc3ccccc32)c1. The van der Waals surface area contributed by atoms with Gasteiger partial charge in [0, 0.05) is 37.9 Å². The molecule has 0 saturated heterocycles. The zero-order valence-corrected chi connectivity index (χ0v) is 13.7. The van der Waals surface area contributed by atoms with E-state index in [-0.39, 0.29) is 11.9 Å². The molecule has 0 aliphatic carbocycles. The Morgan fingerprint density at radius 1 is 1.22 bits per heavy atom. The topological polar surface area (TPSA) is 44.4 Å². The summed E-state index contributed by atoms with van der Waals surface area (Å²) >= 11 is 0. The summed E-state index contributed by atoms with van der Waals surface area (Å²) in [5.41, 5.74) is 4.39. The van der Waals surface area contributed by atoms with Gasteiger partial charge in [-0.3, -0.25) is 4.79 Å². The monoisotopic (exact) mass is 309 g/mol. The van der Waals surface area contributed by atoms with Crippen LogP contribution in [0.4, 0.5) is 5.69 Å². The molecular formula is C19H23N3O. The van der Waals surface area contributed by atoms with E-state index in [0.717, 1.165) is 18.7 Å². The third-order valence-corrected chi connectivity index (χ3v) is 4.31. The largest absolute Gasteiger partial charge is 0.378 e. The second-order valence-corrected chi connectivity index (χ2v) is 6.11. The van der Waals surface area contributed by atoms with Crippen LogP contribution in [0.15, 0.2) is 48.5 Å². The van der Waals surface area contributed by atoms with Crippen molar-refractivity contribution in [2.45, 2.75) is 12.5 Å². The molecule has 0 fully saturated rings. The van der Waals surface area contributed by atoms with Gasteiger partial charge in [-0.25, -0.2) is 0 Å². The quantitative estimate of drug-likeness (QED) is 0.911. The molecule has 1 unspecified atom stereocenters. The van der Waals surface area contributed by atoms with Crippen molar-refractivity contribution in [1.29, 1.82) is 0 Å². The number of hydrogen-bond acceptors (Lipinski definition) is 3. The van der Waals surface area contributed by atoms with Gasteiger partial charge in [0.05, 0.1) is 0 Å². The highest BCUT2D eigenvalue weighted by Crippen LogP contribution is 2.22. The number of fused-ring (bicyclic) bond motifs is 1. The summed E-state index contributed by atoms with van der Waals surface area (Å²) in [6.07, 6.45) is 1.05. The molecule has 2 N–H and O–H groups in total. The summed E-state index contributed by atoms with van der Waals surface area (Å²) in [5.74, 6) is -0.0291. The Morgan fingerprint density at radius 2 is 2.04 bits per heavy atom. The maximum Gasteiger partial charge on any atom is 0.251 e. The van der Waals surface area contributed by atoms with Gasteiger partial charge in [-0.2, -0.15) is 0 Å². The van der Waals surface area contributed by atoms with Crippen molar-refractivity contribution >= 4 is 11.6 Å². The van der Waals surface area contributed by atoms with Crippen LogP contribution in [0.2, 0.25) is 0 Å². The molecule has 2 aromatic carbocycles. The van der Waals surface area contributed by atoms with Gasteiger partial charge in [0.1, 0.15) is 0 Å². The van der Waals surface area contributed by atoms with E-state index in [1.165, 1.54) is 11.1 Å². The average molecular weight is 309 g/mol. The van der Waals surface area contributed by atoms with Crippen LogP contribution < -0.4 is 15.5 Å². The van der Waals surface area contributed by atoms with Crippen molar-refractivity contribution < 1.29 is 4.79 Å².